The fourth-order valence-electron chi connectivity index (χ4n) is 4.36. The van der Waals surface area contributed by atoms with Crippen LogP contribution in [0, 0.1) is 11.6 Å². The number of ketones is 1. The smallest absolute Gasteiger partial charge is 0.238 e. The Labute approximate surface area is 185 Å². The molecule has 1 N–H and O–H groups in total. The Morgan fingerprint density at radius 2 is 1.87 bits per heavy atom. The molecule has 4 rings (SSSR count). The van der Waals surface area contributed by atoms with Crippen molar-refractivity contribution in [2.75, 3.05) is 36.4 Å². The van der Waals surface area contributed by atoms with Crippen LogP contribution in [0.5, 0.6) is 0 Å². The van der Waals surface area contributed by atoms with E-state index in [1.165, 1.54) is 12.1 Å². The number of amides is 1. The van der Waals surface area contributed by atoms with Gasteiger partial charge in [-0.15, -0.1) is 0 Å². The summed E-state index contributed by atoms with van der Waals surface area (Å²) in [4.78, 5) is 28.1. The third-order valence-corrected chi connectivity index (χ3v) is 6.29. The first-order chi connectivity index (χ1) is 14.8. The quantitative estimate of drug-likeness (QED) is 0.724. The molecule has 1 fully saturated rings. The number of hydrogen-bond donors (Lipinski definition) is 1. The van der Waals surface area contributed by atoms with E-state index < -0.39 is 16.7 Å². The van der Waals surface area contributed by atoms with Gasteiger partial charge in [0.25, 0.3) is 0 Å². The first kappa shape index (κ1) is 21.7. The van der Waals surface area contributed by atoms with Crippen molar-refractivity contribution >= 4 is 34.7 Å². The lowest BCUT2D eigenvalue weighted by Crippen LogP contribution is -2.53. The molecule has 1 atom stereocenters. The number of halogens is 3. The number of benzene rings is 2. The third-order valence-electron chi connectivity index (χ3n) is 5.93. The molecule has 8 heteroatoms. The van der Waals surface area contributed by atoms with E-state index in [0.717, 1.165) is 16.8 Å². The van der Waals surface area contributed by atoms with Gasteiger partial charge in [-0.1, -0.05) is 17.7 Å². The number of aryl methyl sites for hydroxylation is 1. The van der Waals surface area contributed by atoms with Crippen molar-refractivity contribution in [3.8, 4) is 0 Å². The Hall–Kier alpha value is -2.51. The highest BCUT2D eigenvalue weighted by molar-refractivity contribution is 6.31. The zero-order valence-electron chi connectivity index (χ0n) is 17.3. The number of nitrogens with one attached hydrogen (secondary N) is 1. The number of piperazine rings is 1. The second-order valence-corrected chi connectivity index (χ2v) is 8.63. The number of hydrogen-bond acceptors (Lipinski definition) is 4. The summed E-state index contributed by atoms with van der Waals surface area (Å²) in [6.45, 7) is 3.92. The molecule has 164 valence electrons. The van der Waals surface area contributed by atoms with Crippen LogP contribution in [-0.2, 0) is 22.4 Å². The average molecular weight is 448 g/mol. The van der Waals surface area contributed by atoms with Crippen molar-refractivity contribution < 1.29 is 18.4 Å². The van der Waals surface area contributed by atoms with Crippen LogP contribution in [0.1, 0.15) is 24.5 Å². The number of anilines is 2. The van der Waals surface area contributed by atoms with E-state index in [1.54, 1.807) is 0 Å². The number of fused-ring (bicyclic) bond motifs is 1. The standard InChI is InChI=1S/C23H24ClF2N3O2/c1-14-12-28(6-7-29(14)18-10-20(25)23(24)21(26)11-18)13-22(31)27-17-4-2-16-9-19(30)5-3-15(16)8-17/h2,4,8,10-11,14H,3,5-7,9,12-13H2,1H3,(H,27,31)/t14-/m1/s1. The van der Waals surface area contributed by atoms with Crippen LogP contribution in [0.25, 0.3) is 0 Å². The van der Waals surface area contributed by atoms with E-state index in [4.69, 9.17) is 11.6 Å². The number of Topliss-reactive ketones (excluding diaryl/α,β-unsaturated/α-hetero) is 1. The molecule has 0 saturated carbocycles. The summed E-state index contributed by atoms with van der Waals surface area (Å²) in [7, 11) is 0. The topological polar surface area (TPSA) is 52.7 Å². The maximum Gasteiger partial charge on any atom is 0.238 e. The van der Waals surface area contributed by atoms with E-state index >= 15 is 0 Å². The highest BCUT2D eigenvalue weighted by Crippen LogP contribution is 2.28. The molecule has 0 bridgehead atoms. The van der Waals surface area contributed by atoms with Crippen LogP contribution >= 0.6 is 11.6 Å². The molecule has 1 aliphatic carbocycles. The average Bonchev–Trinajstić information content (AvgIpc) is 2.72. The minimum Gasteiger partial charge on any atom is -0.366 e. The molecular formula is C23H24ClF2N3O2. The van der Waals surface area contributed by atoms with Gasteiger partial charge in [-0.3, -0.25) is 14.5 Å². The van der Waals surface area contributed by atoms with Crippen molar-refractivity contribution in [2.24, 2.45) is 0 Å². The van der Waals surface area contributed by atoms with Gasteiger partial charge in [0.1, 0.15) is 22.4 Å². The summed E-state index contributed by atoms with van der Waals surface area (Å²) in [5.41, 5.74) is 3.33. The molecule has 2 aliphatic rings. The maximum atomic E-state index is 13.8. The molecule has 5 nitrogen and oxygen atoms in total. The van der Waals surface area contributed by atoms with E-state index in [2.05, 4.69) is 5.32 Å². The lowest BCUT2D eigenvalue weighted by Gasteiger charge is -2.41. The summed E-state index contributed by atoms with van der Waals surface area (Å²) in [6.07, 6.45) is 1.73. The molecule has 31 heavy (non-hydrogen) atoms. The van der Waals surface area contributed by atoms with Gasteiger partial charge in [0.05, 0.1) is 6.54 Å². The summed E-state index contributed by atoms with van der Waals surface area (Å²) in [5, 5.41) is 2.44. The number of rotatable bonds is 4. The molecule has 1 amide bonds. The molecule has 2 aromatic carbocycles. The summed E-state index contributed by atoms with van der Waals surface area (Å²) in [6, 6.07) is 8.15. The lowest BCUT2D eigenvalue weighted by molar-refractivity contribution is -0.119. The van der Waals surface area contributed by atoms with E-state index in [1.807, 2.05) is 34.9 Å². The zero-order chi connectivity index (χ0) is 22.1. The van der Waals surface area contributed by atoms with Gasteiger partial charge in [0, 0.05) is 49.9 Å². The Bertz CT molecular complexity index is 1010. The minimum absolute atomic E-state index is 0.0252. The molecule has 0 aromatic heterocycles. The van der Waals surface area contributed by atoms with Crippen LogP contribution in [0.3, 0.4) is 0 Å². The molecule has 2 aromatic rings. The van der Waals surface area contributed by atoms with E-state index in [0.29, 0.717) is 44.6 Å². The fourth-order valence-corrected chi connectivity index (χ4v) is 4.46. The van der Waals surface area contributed by atoms with Gasteiger partial charge in [0.15, 0.2) is 0 Å². The van der Waals surface area contributed by atoms with E-state index in [9.17, 15) is 18.4 Å². The molecular weight excluding hydrogens is 424 g/mol. The van der Waals surface area contributed by atoms with Crippen LogP contribution in [0.4, 0.5) is 20.2 Å². The van der Waals surface area contributed by atoms with Crippen molar-refractivity contribution in [3.05, 3.63) is 58.1 Å². The largest absolute Gasteiger partial charge is 0.366 e. The molecule has 1 aliphatic heterocycles. The van der Waals surface area contributed by atoms with Crippen LogP contribution < -0.4 is 10.2 Å². The Kier molecular flexibility index (Phi) is 6.25. The first-order valence-corrected chi connectivity index (χ1v) is 10.7. The van der Waals surface area contributed by atoms with Crippen molar-refractivity contribution in [3.63, 3.8) is 0 Å². The van der Waals surface area contributed by atoms with Crippen LogP contribution in [0.15, 0.2) is 30.3 Å². The van der Waals surface area contributed by atoms with Crippen LogP contribution in [-0.4, -0.2) is 48.8 Å². The van der Waals surface area contributed by atoms with Gasteiger partial charge >= 0.3 is 0 Å². The molecule has 1 heterocycles. The maximum absolute atomic E-state index is 13.8. The Morgan fingerprint density at radius 1 is 1.13 bits per heavy atom. The number of carbonyl (C=O) groups excluding carboxylic acids is 2. The highest BCUT2D eigenvalue weighted by atomic mass is 35.5. The number of nitrogens with zero attached hydrogens (tertiary/aromatic N) is 2. The SMILES string of the molecule is C[C@@H]1CN(CC(=O)Nc2ccc3c(c2)CCC(=O)C3)CCN1c1cc(F)c(Cl)c(F)c1. The summed E-state index contributed by atoms with van der Waals surface area (Å²) >= 11 is 5.58. The van der Waals surface area contributed by atoms with Gasteiger partial charge in [-0.25, -0.2) is 8.78 Å². The fraction of sp³-hybridized carbons (Fsp3) is 0.391. The van der Waals surface area contributed by atoms with Gasteiger partial charge in [-0.2, -0.15) is 0 Å². The monoisotopic (exact) mass is 447 g/mol. The first-order valence-electron chi connectivity index (χ1n) is 10.4. The highest BCUT2D eigenvalue weighted by Gasteiger charge is 2.26. The van der Waals surface area contributed by atoms with Gasteiger partial charge < -0.3 is 10.2 Å². The summed E-state index contributed by atoms with van der Waals surface area (Å²) in [5.74, 6) is -1.42. The van der Waals surface area contributed by atoms with Crippen molar-refractivity contribution in [1.82, 2.24) is 4.90 Å². The van der Waals surface area contributed by atoms with Gasteiger partial charge in [-0.05, 0) is 48.7 Å². The molecule has 1 saturated heterocycles. The minimum atomic E-state index is -0.778. The Morgan fingerprint density at radius 3 is 2.58 bits per heavy atom. The van der Waals surface area contributed by atoms with Crippen molar-refractivity contribution in [1.29, 1.82) is 0 Å². The third kappa shape index (κ3) is 4.88. The predicted molar refractivity (Wildman–Crippen MR) is 117 cm³/mol. The van der Waals surface area contributed by atoms with Crippen LogP contribution in [0.2, 0.25) is 5.02 Å². The number of carbonyl (C=O) groups is 2. The second kappa shape index (κ2) is 8.93. The molecule has 0 radical (unpaired) electrons. The molecule has 0 unspecified atom stereocenters. The Balaban J connectivity index is 1.34. The van der Waals surface area contributed by atoms with Gasteiger partial charge in [0.2, 0.25) is 5.91 Å². The normalized spacial score (nSPS) is 19.3. The second-order valence-electron chi connectivity index (χ2n) is 8.25. The van der Waals surface area contributed by atoms with E-state index in [-0.39, 0.29) is 24.3 Å². The molecule has 0 spiro atoms. The zero-order valence-corrected chi connectivity index (χ0v) is 18.0. The summed E-state index contributed by atoms with van der Waals surface area (Å²) < 4.78 is 27.6. The predicted octanol–water partition coefficient (Wildman–Crippen LogP) is 3.83. The van der Waals surface area contributed by atoms with Crippen molar-refractivity contribution in [2.45, 2.75) is 32.2 Å². The lowest BCUT2D eigenvalue weighted by atomic mass is 9.90.